The van der Waals surface area contributed by atoms with Gasteiger partial charge in [-0.1, -0.05) is 18.2 Å². The number of aliphatic hydroxyl groups is 1. The molecule has 5 rings (SSSR count). The van der Waals surface area contributed by atoms with Crippen LogP contribution in [0.25, 0.3) is 0 Å². The van der Waals surface area contributed by atoms with Gasteiger partial charge in [0, 0.05) is 30.6 Å². The zero-order valence-electron chi connectivity index (χ0n) is 26.2. The van der Waals surface area contributed by atoms with Crippen molar-refractivity contribution in [3.05, 3.63) is 82.4 Å². The molecule has 9 nitrogen and oxygen atoms in total. The predicted molar refractivity (Wildman–Crippen MR) is 165 cm³/mol. The van der Waals surface area contributed by atoms with Crippen LogP contribution in [0, 0.1) is 0 Å². The second-order valence-corrected chi connectivity index (χ2v) is 11.9. The van der Waals surface area contributed by atoms with Crippen molar-refractivity contribution in [1.82, 2.24) is 0 Å². The zero-order valence-corrected chi connectivity index (χ0v) is 26.2. The molecule has 0 radical (unpaired) electrons. The van der Waals surface area contributed by atoms with Gasteiger partial charge in [0.05, 0.1) is 50.4 Å². The normalized spacial score (nSPS) is 15.8. The number of fused-ring (bicyclic) bond motifs is 2. The Kier molecular flexibility index (Phi) is 9.99. The molecule has 44 heavy (non-hydrogen) atoms. The number of rotatable bonds is 8. The van der Waals surface area contributed by atoms with Gasteiger partial charge < -0.3 is 28.8 Å². The number of aliphatic hydroxyl groups excluding tert-OH is 1. The van der Waals surface area contributed by atoms with Crippen LogP contribution in [0.3, 0.4) is 0 Å². The maximum Gasteiger partial charge on any atom is 0.338 e. The van der Waals surface area contributed by atoms with Crippen molar-refractivity contribution in [1.29, 1.82) is 0 Å². The van der Waals surface area contributed by atoms with Gasteiger partial charge >= 0.3 is 5.97 Å². The number of benzene rings is 3. The number of Topliss-reactive ketones (excluding diaryl/α,β-unsaturated/α-hetero) is 2. The summed E-state index contributed by atoms with van der Waals surface area (Å²) in [6, 6.07) is 15.8. The molecule has 2 aliphatic heterocycles. The topological polar surface area (TPSA) is 118 Å². The quantitative estimate of drug-likeness (QED) is 0.318. The van der Waals surface area contributed by atoms with E-state index in [1.165, 1.54) is 0 Å². The van der Waals surface area contributed by atoms with Crippen molar-refractivity contribution in [2.75, 3.05) is 27.4 Å². The van der Waals surface area contributed by atoms with Crippen molar-refractivity contribution in [2.45, 2.75) is 64.6 Å². The summed E-state index contributed by atoms with van der Waals surface area (Å²) in [5.41, 5.74) is 2.05. The number of carbonyl (C=O) groups excluding carboxylic acids is 3. The van der Waals surface area contributed by atoms with E-state index in [0.717, 1.165) is 11.1 Å². The number of methoxy groups -OCH3 is 2. The molecule has 3 aromatic rings. The molecule has 0 saturated carbocycles. The van der Waals surface area contributed by atoms with Crippen LogP contribution < -0.4 is 18.9 Å². The van der Waals surface area contributed by atoms with Crippen LogP contribution in [0.15, 0.2) is 54.6 Å². The van der Waals surface area contributed by atoms with Gasteiger partial charge in [-0.05, 0) is 64.1 Å². The largest absolute Gasteiger partial charge is 0.496 e. The molecule has 0 atom stereocenters. The minimum absolute atomic E-state index is 0.00913. The molecule has 0 amide bonds. The third-order valence-corrected chi connectivity index (χ3v) is 7.36. The Bertz CT molecular complexity index is 1520. The minimum Gasteiger partial charge on any atom is -0.496 e. The molecule has 0 aliphatic carbocycles. The number of ketones is 2. The van der Waals surface area contributed by atoms with Gasteiger partial charge in [0.15, 0.2) is 11.6 Å². The molecule has 0 fully saturated rings. The summed E-state index contributed by atoms with van der Waals surface area (Å²) >= 11 is 0. The molecule has 0 aromatic heterocycles. The number of ether oxygens (including phenoxy) is 5. The average Bonchev–Trinajstić information content (AvgIpc) is 2.97. The Morgan fingerprint density at radius 2 is 1.23 bits per heavy atom. The highest BCUT2D eigenvalue weighted by Crippen LogP contribution is 2.41. The van der Waals surface area contributed by atoms with Crippen molar-refractivity contribution in [3.63, 3.8) is 0 Å². The van der Waals surface area contributed by atoms with Crippen molar-refractivity contribution < 1.29 is 43.2 Å². The summed E-state index contributed by atoms with van der Waals surface area (Å²) in [7, 11) is 3.13. The molecule has 2 heterocycles. The van der Waals surface area contributed by atoms with E-state index in [1.807, 2.05) is 33.8 Å². The summed E-state index contributed by atoms with van der Waals surface area (Å²) in [4.78, 5) is 36.6. The van der Waals surface area contributed by atoms with Crippen molar-refractivity contribution in [2.24, 2.45) is 0 Å². The van der Waals surface area contributed by atoms with E-state index in [1.54, 1.807) is 62.8 Å². The Morgan fingerprint density at radius 3 is 1.68 bits per heavy atom. The molecule has 0 unspecified atom stereocenters. The molecular weight excluding hydrogens is 564 g/mol. The van der Waals surface area contributed by atoms with Crippen LogP contribution in [0.1, 0.15) is 82.7 Å². The first kappa shape index (κ1) is 32.5. The van der Waals surface area contributed by atoms with Gasteiger partial charge in [-0.3, -0.25) is 9.59 Å². The highest BCUT2D eigenvalue weighted by molar-refractivity contribution is 6.01. The lowest BCUT2D eigenvalue weighted by Gasteiger charge is -2.33. The van der Waals surface area contributed by atoms with Gasteiger partial charge in [0.2, 0.25) is 0 Å². The lowest BCUT2D eigenvalue weighted by atomic mass is 9.90. The second-order valence-electron chi connectivity index (χ2n) is 11.9. The molecule has 0 saturated heterocycles. The fourth-order valence-electron chi connectivity index (χ4n) is 5.35. The zero-order chi connectivity index (χ0) is 32.1. The third-order valence-electron chi connectivity index (χ3n) is 7.36. The summed E-state index contributed by atoms with van der Waals surface area (Å²) < 4.78 is 28.0. The first-order valence-corrected chi connectivity index (χ1v) is 14.6. The number of hydrogen-bond acceptors (Lipinski definition) is 9. The standard InChI is InChI=1S/C21H22O5.C14H18O4/c1-21(2)13-17(22)15-9-10-18(24-3)16(19(15)26-21)11-12-25-20(23)14-7-5-4-6-8-14;1-14(2)8-11(16)9-4-5-12(17-3)10(6-7-15)13(9)18-14/h4-10H,11-13H2,1-3H3;4-5,15H,6-8H2,1-3H3. The fraction of sp³-hybridized carbons (Fsp3) is 0.400. The van der Waals surface area contributed by atoms with Gasteiger partial charge in [-0.25, -0.2) is 4.79 Å². The summed E-state index contributed by atoms with van der Waals surface area (Å²) in [6.07, 6.45) is 1.50. The van der Waals surface area contributed by atoms with E-state index >= 15 is 0 Å². The van der Waals surface area contributed by atoms with Crippen LogP contribution in [0.5, 0.6) is 23.0 Å². The number of carbonyl (C=O) groups is 3. The van der Waals surface area contributed by atoms with Crippen molar-refractivity contribution >= 4 is 17.5 Å². The molecule has 3 aromatic carbocycles. The fourth-order valence-corrected chi connectivity index (χ4v) is 5.35. The third kappa shape index (κ3) is 7.39. The molecule has 2 aliphatic rings. The van der Waals surface area contributed by atoms with E-state index in [2.05, 4.69) is 0 Å². The van der Waals surface area contributed by atoms with E-state index in [-0.39, 0.29) is 30.7 Å². The Balaban J connectivity index is 0.000000215. The first-order valence-electron chi connectivity index (χ1n) is 14.6. The van der Waals surface area contributed by atoms with E-state index < -0.39 is 11.2 Å². The van der Waals surface area contributed by atoms with Gasteiger partial charge in [0.1, 0.15) is 34.2 Å². The minimum atomic E-state index is -0.577. The molecule has 0 spiro atoms. The Labute approximate surface area is 258 Å². The molecule has 1 N–H and O–H groups in total. The average molecular weight is 605 g/mol. The maximum absolute atomic E-state index is 12.4. The lowest BCUT2D eigenvalue weighted by Crippen LogP contribution is -2.36. The monoisotopic (exact) mass is 604 g/mol. The Hall–Kier alpha value is -4.37. The van der Waals surface area contributed by atoms with E-state index in [0.29, 0.717) is 65.4 Å². The van der Waals surface area contributed by atoms with Crippen LogP contribution in [-0.2, 0) is 17.6 Å². The van der Waals surface area contributed by atoms with Crippen LogP contribution in [0.4, 0.5) is 0 Å². The predicted octanol–water partition coefficient (Wildman–Crippen LogP) is 5.81. The second kappa shape index (κ2) is 13.5. The highest BCUT2D eigenvalue weighted by Gasteiger charge is 2.36. The summed E-state index contributed by atoms with van der Waals surface area (Å²) in [6.45, 7) is 7.69. The highest BCUT2D eigenvalue weighted by atomic mass is 16.5. The molecule has 234 valence electrons. The van der Waals surface area contributed by atoms with Gasteiger partial charge in [-0.15, -0.1) is 0 Å². The van der Waals surface area contributed by atoms with Crippen LogP contribution >= 0.6 is 0 Å². The van der Waals surface area contributed by atoms with Gasteiger partial charge in [-0.2, -0.15) is 0 Å². The summed E-state index contributed by atoms with van der Waals surface area (Å²) in [5, 5.41) is 9.14. The molecular formula is C35H40O9. The SMILES string of the molecule is COc1ccc2c(c1CCO)OC(C)(C)CC2=O.COc1ccc2c(c1CCOC(=O)c1ccccc1)OC(C)(C)CC2=O. The van der Waals surface area contributed by atoms with Crippen molar-refractivity contribution in [3.8, 4) is 23.0 Å². The van der Waals surface area contributed by atoms with Crippen LogP contribution in [0.2, 0.25) is 0 Å². The van der Waals surface area contributed by atoms with E-state index in [4.69, 9.17) is 28.8 Å². The molecule has 0 bridgehead atoms. The number of esters is 1. The Morgan fingerprint density at radius 1 is 0.750 bits per heavy atom. The number of hydrogen-bond donors (Lipinski definition) is 1. The van der Waals surface area contributed by atoms with Gasteiger partial charge in [0.25, 0.3) is 0 Å². The lowest BCUT2D eigenvalue weighted by molar-refractivity contribution is 0.0494. The first-order chi connectivity index (χ1) is 20.9. The smallest absolute Gasteiger partial charge is 0.338 e. The van der Waals surface area contributed by atoms with Crippen LogP contribution in [-0.4, -0.2) is 61.3 Å². The summed E-state index contributed by atoms with van der Waals surface area (Å²) in [5.74, 6) is 2.08. The van der Waals surface area contributed by atoms with E-state index in [9.17, 15) is 14.4 Å². The maximum atomic E-state index is 12.4. The molecule has 9 heteroatoms.